The summed E-state index contributed by atoms with van der Waals surface area (Å²) in [7, 11) is 0. The molecule has 0 bridgehead atoms. The smallest absolute Gasteiger partial charge is 0.0645 e. The van der Waals surface area contributed by atoms with Crippen LogP contribution in [0.2, 0.25) is 0 Å². The molecule has 1 heterocycles. The molecule has 0 aliphatic carbocycles. The number of hydrogen-bond acceptors (Lipinski definition) is 3. The van der Waals surface area contributed by atoms with Gasteiger partial charge in [0.05, 0.1) is 25.1 Å². The van der Waals surface area contributed by atoms with Crippen LogP contribution in [-0.2, 0) is 0 Å². The van der Waals surface area contributed by atoms with Crippen LogP contribution < -0.4 is 9.80 Å². The van der Waals surface area contributed by atoms with E-state index in [9.17, 15) is 5.48 Å². The van der Waals surface area contributed by atoms with E-state index < -0.39 is 60.4 Å². The molecule has 10 rings (SSSR count). The molecule has 2 nitrogen and oxygen atoms in total. The van der Waals surface area contributed by atoms with Crippen LogP contribution in [0.1, 0.15) is 19.3 Å². The van der Waals surface area contributed by atoms with Gasteiger partial charge in [-0.25, -0.2) is 0 Å². The van der Waals surface area contributed by atoms with Crippen molar-refractivity contribution in [3.8, 4) is 11.1 Å². The predicted molar refractivity (Wildman–Crippen MR) is 234 cm³/mol. The van der Waals surface area contributed by atoms with Crippen LogP contribution in [0.4, 0.5) is 34.1 Å². The van der Waals surface area contributed by atoms with Crippen LogP contribution in [0.15, 0.2) is 200 Å². The van der Waals surface area contributed by atoms with Gasteiger partial charge in [0, 0.05) is 53.7 Å². The van der Waals surface area contributed by atoms with Gasteiger partial charge in [-0.15, -0.1) is 11.3 Å². The fourth-order valence-electron chi connectivity index (χ4n) is 7.54. The Morgan fingerprint density at radius 1 is 0.426 bits per heavy atom. The Balaban J connectivity index is 1.37. The van der Waals surface area contributed by atoms with E-state index >= 15 is 0 Å². The van der Waals surface area contributed by atoms with Crippen molar-refractivity contribution in [3.05, 3.63) is 206 Å². The standard InChI is InChI=1S/C51H36N2S/c1-35-30-38(33-50-51(35)46-26-12-13-29-49(46)54-50)39-31-42(52(40-20-4-2-5-21-40)47-27-14-18-36-16-8-10-24-44(36)47)34-43(32-39)53(41-22-6-3-7-23-41)48-28-15-19-37-17-9-11-25-45(37)48/h2-34H,1H3/i2D,3D,4D,5D,6D,7D,20D,21D,22D,23D. The molecule has 0 N–H and O–H groups in total. The Morgan fingerprint density at radius 2 is 0.907 bits per heavy atom. The highest BCUT2D eigenvalue weighted by Gasteiger charge is 2.22. The van der Waals surface area contributed by atoms with Crippen LogP contribution in [0.25, 0.3) is 52.8 Å². The van der Waals surface area contributed by atoms with Gasteiger partial charge in [-0.1, -0.05) is 133 Å². The van der Waals surface area contributed by atoms with Crippen molar-refractivity contribution in [2.75, 3.05) is 9.80 Å². The zero-order chi connectivity index (χ0) is 44.7. The molecule has 0 aliphatic heterocycles. The summed E-state index contributed by atoms with van der Waals surface area (Å²) in [6.45, 7) is 2.07. The maximum Gasteiger partial charge on any atom is 0.0645 e. The predicted octanol–water partition coefficient (Wildman–Crippen LogP) is 15.3. The van der Waals surface area contributed by atoms with Crippen molar-refractivity contribution in [1.29, 1.82) is 0 Å². The number of thiophene rings is 1. The summed E-state index contributed by atoms with van der Waals surface area (Å²) in [4.78, 5) is 3.37. The second-order valence-corrected chi connectivity index (χ2v) is 14.2. The second kappa shape index (κ2) is 13.4. The normalized spacial score (nSPS) is 14.0. The number of anilines is 6. The topological polar surface area (TPSA) is 6.48 Å². The molecule has 0 radical (unpaired) electrons. The van der Waals surface area contributed by atoms with E-state index in [4.69, 9.17) is 8.22 Å². The van der Waals surface area contributed by atoms with E-state index in [2.05, 4.69) is 31.2 Å². The zero-order valence-corrected chi connectivity index (χ0v) is 29.9. The monoisotopic (exact) mass is 718 g/mol. The molecule has 0 fully saturated rings. The van der Waals surface area contributed by atoms with E-state index in [1.54, 1.807) is 27.2 Å². The third-order valence-corrected chi connectivity index (χ3v) is 11.0. The van der Waals surface area contributed by atoms with Gasteiger partial charge in [0.25, 0.3) is 0 Å². The van der Waals surface area contributed by atoms with Gasteiger partial charge < -0.3 is 9.80 Å². The van der Waals surface area contributed by atoms with Crippen LogP contribution in [-0.4, -0.2) is 0 Å². The third-order valence-electron chi connectivity index (χ3n) is 9.86. The maximum absolute atomic E-state index is 9.35. The molecule has 3 heteroatoms. The molecule has 54 heavy (non-hydrogen) atoms. The number of aryl methyl sites for hydroxylation is 1. The SMILES string of the molecule is [2H]c1c([2H])c([2H])c(N(c2cc(-c3cc(C)c4c(c3)sc3ccccc34)cc(N(c3c([2H])c([2H])c([2H])c([2H])c3[2H])c3cccc4ccccc34)c2)c2cccc3ccccc23)c([2H])c1[2H]. The highest BCUT2D eigenvalue weighted by Crippen LogP contribution is 2.47. The van der Waals surface area contributed by atoms with Gasteiger partial charge in [0.1, 0.15) is 0 Å². The molecule has 9 aromatic carbocycles. The molecule has 0 saturated heterocycles. The van der Waals surface area contributed by atoms with Crippen molar-refractivity contribution in [3.63, 3.8) is 0 Å². The highest BCUT2D eigenvalue weighted by molar-refractivity contribution is 7.25. The molecule has 0 amide bonds. The average Bonchev–Trinajstić information content (AvgIpc) is 3.70. The van der Waals surface area contributed by atoms with Gasteiger partial charge in [-0.2, -0.15) is 0 Å². The van der Waals surface area contributed by atoms with Gasteiger partial charge >= 0.3 is 0 Å². The first-order valence-corrected chi connectivity index (χ1v) is 18.4. The molecule has 0 aliphatic rings. The first-order valence-electron chi connectivity index (χ1n) is 22.6. The summed E-state index contributed by atoms with van der Waals surface area (Å²) in [6, 6.07) is 40.1. The average molecular weight is 719 g/mol. The lowest BCUT2D eigenvalue weighted by atomic mass is 9.97. The second-order valence-electron chi connectivity index (χ2n) is 13.1. The minimum Gasteiger partial charge on any atom is -0.310 e. The number of para-hydroxylation sites is 2. The molecule has 256 valence electrons. The Labute approximate surface area is 333 Å². The Kier molecular flexibility index (Phi) is 5.72. The summed E-state index contributed by atoms with van der Waals surface area (Å²) < 4.78 is 91.9. The molecule has 0 spiro atoms. The minimum absolute atomic E-state index is 0.0823. The maximum atomic E-state index is 9.35. The van der Waals surface area contributed by atoms with E-state index in [-0.39, 0.29) is 11.4 Å². The Hall–Kier alpha value is -6.68. The number of benzene rings is 9. The quantitative estimate of drug-likeness (QED) is 0.162. The molecule has 0 saturated carbocycles. The van der Waals surface area contributed by atoms with Crippen LogP contribution in [0.5, 0.6) is 0 Å². The molecular formula is C51H36N2S. The van der Waals surface area contributed by atoms with Crippen molar-refractivity contribution in [1.82, 2.24) is 0 Å². The largest absolute Gasteiger partial charge is 0.310 e. The van der Waals surface area contributed by atoms with Crippen LogP contribution >= 0.6 is 11.3 Å². The Morgan fingerprint density at radius 3 is 1.48 bits per heavy atom. The lowest BCUT2D eigenvalue weighted by Gasteiger charge is -2.31. The first-order chi connectivity index (χ1) is 30.8. The van der Waals surface area contributed by atoms with Crippen LogP contribution in [0.3, 0.4) is 0 Å². The Bertz CT molecular complexity index is 3330. The summed E-state index contributed by atoms with van der Waals surface area (Å²) in [5, 5.41) is 5.50. The van der Waals surface area contributed by atoms with Crippen molar-refractivity contribution in [2.24, 2.45) is 0 Å². The first kappa shape index (κ1) is 23.1. The fraction of sp³-hybridized carbons (Fsp3) is 0.0196. The van der Waals surface area contributed by atoms with Crippen molar-refractivity contribution < 1.29 is 13.7 Å². The zero-order valence-electron chi connectivity index (χ0n) is 39.1. The number of hydrogen-bond donors (Lipinski definition) is 0. The van der Waals surface area contributed by atoms with Crippen LogP contribution in [0, 0.1) is 6.92 Å². The molecular weight excluding hydrogens is 673 g/mol. The highest BCUT2D eigenvalue weighted by atomic mass is 32.1. The van der Waals surface area contributed by atoms with Gasteiger partial charge in [0.15, 0.2) is 0 Å². The lowest BCUT2D eigenvalue weighted by molar-refractivity contribution is 1.26. The molecule has 10 aromatic rings. The number of fused-ring (bicyclic) bond motifs is 5. The van der Waals surface area contributed by atoms with Gasteiger partial charge in [-0.05, 0) is 101 Å². The van der Waals surface area contributed by atoms with E-state index in [1.165, 1.54) is 0 Å². The molecule has 0 unspecified atom stereocenters. The van der Waals surface area contributed by atoms with Crippen molar-refractivity contribution >= 4 is 87.2 Å². The van der Waals surface area contributed by atoms with E-state index in [0.717, 1.165) is 52.8 Å². The molecule has 0 atom stereocenters. The number of nitrogens with zero attached hydrogens (tertiary/aromatic N) is 2. The van der Waals surface area contributed by atoms with E-state index in [1.807, 2.05) is 109 Å². The third kappa shape index (κ3) is 5.58. The summed E-state index contributed by atoms with van der Waals surface area (Å²) >= 11 is 1.67. The summed E-state index contributed by atoms with van der Waals surface area (Å²) in [6.07, 6.45) is 0. The summed E-state index contributed by atoms with van der Waals surface area (Å²) in [5.41, 5.74) is 4.23. The lowest BCUT2D eigenvalue weighted by Crippen LogP contribution is -2.14. The number of rotatable bonds is 7. The fourth-order valence-corrected chi connectivity index (χ4v) is 8.76. The van der Waals surface area contributed by atoms with Gasteiger partial charge in [0.2, 0.25) is 0 Å². The van der Waals surface area contributed by atoms with E-state index in [0.29, 0.717) is 28.3 Å². The minimum atomic E-state index is -0.526. The van der Waals surface area contributed by atoms with Crippen molar-refractivity contribution in [2.45, 2.75) is 6.92 Å². The van der Waals surface area contributed by atoms with Gasteiger partial charge in [-0.3, -0.25) is 0 Å². The molecule has 1 aromatic heterocycles. The summed E-state index contributed by atoms with van der Waals surface area (Å²) in [5.74, 6) is 0.